The van der Waals surface area contributed by atoms with Gasteiger partial charge in [-0.15, -0.1) is 10.2 Å². The predicted octanol–water partition coefficient (Wildman–Crippen LogP) is 2.77. The first-order chi connectivity index (χ1) is 12.7. The van der Waals surface area contributed by atoms with E-state index in [-0.39, 0.29) is 17.6 Å². The second-order valence-corrected chi connectivity index (χ2v) is 6.79. The van der Waals surface area contributed by atoms with Crippen LogP contribution in [-0.2, 0) is 11.2 Å². The Morgan fingerprint density at radius 2 is 2.00 bits per heavy atom. The zero-order valence-electron chi connectivity index (χ0n) is 14.6. The highest BCUT2D eigenvalue weighted by atomic mass is 16.3. The van der Waals surface area contributed by atoms with E-state index in [0.717, 1.165) is 36.4 Å². The first-order valence-corrected chi connectivity index (χ1v) is 9.06. The van der Waals surface area contributed by atoms with Crippen LogP contribution >= 0.6 is 0 Å². The van der Waals surface area contributed by atoms with Gasteiger partial charge in [-0.05, 0) is 43.0 Å². The van der Waals surface area contributed by atoms with Crippen molar-refractivity contribution < 1.29 is 9.90 Å². The van der Waals surface area contributed by atoms with Gasteiger partial charge in [0.2, 0.25) is 5.91 Å². The van der Waals surface area contributed by atoms with E-state index in [1.54, 1.807) is 12.1 Å². The largest absolute Gasteiger partial charge is 0.508 e. The molecule has 0 saturated carbocycles. The predicted molar refractivity (Wildman–Crippen MR) is 98.0 cm³/mol. The molecule has 1 unspecified atom stereocenters. The number of phenols is 1. The van der Waals surface area contributed by atoms with Gasteiger partial charge in [-0.1, -0.05) is 24.3 Å². The number of amides is 1. The lowest BCUT2D eigenvalue weighted by Crippen LogP contribution is -2.39. The number of para-hydroxylation sites is 1. The minimum absolute atomic E-state index is 0.131. The van der Waals surface area contributed by atoms with Gasteiger partial charge in [0.25, 0.3) is 0 Å². The Balaban J connectivity index is 1.43. The fourth-order valence-electron chi connectivity index (χ4n) is 3.67. The van der Waals surface area contributed by atoms with Crippen LogP contribution in [0, 0.1) is 0 Å². The van der Waals surface area contributed by atoms with E-state index in [0.29, 0.717) is 19.4 Å². The number of likely N-dealkylation sites (tertiary alicyclic amines) is 1. The molecule has 1 aliphatic heterocycles. The van der Waals surface area contributed by atoms with E-state index >= 15 is 0 Å². The van der Waals surface area contributed by atoms with Crippen LogP contribution in [0.4, 0.5) is 0 Å². The van der Waals surface area contributed by atoms with Crippen molar-refractivity contribution in [1.82, 2.24) is 19.5 Å². The number of carbonyl (C=O) groups excluding carboxylic acids is 1. The Morgan fingerprint density at radius 3 is 2.88 bits per heavy atom. The number of rotatable bonds is 4. The van der Waals surface area contributed by atoms with Crippen molar-refractivity contribution in [3.05, 3.63) is 60.0 Å². The Hall–Kier alpha value is -2.89. The van der Waals surface area contributed by atoms with Crippen LogP contribution in [0.5, 0.6) is 5.75 Å². The number of aromatic nitrogens is 3. The summed E-state index contributed by atoms with van der Waals surface area (Å²) in [6, 6.07) is 13.1. The molecular weight excluding hydrogens is 328 g/mol. The summed E-state index contributed by atoms with van der Waals surface area (Å²) in [6.45, 7) is 1.46. The first kappa shape index (κ1) is 16.6. The highest BCUT2D eigenvalue weighted by Gasteiger charge is 2.27. The molecule has 0 spiro atoms. The number of phenolic OH excluding ortho intramolecular Hbond substituents is 1. The standard InChI is InChI=1S/C20H22N4O2/c25-17-8-2-1-6-15(17)10-11-19(26)23-12-5-7-16(14-23)20-22-21-18-9-3-4-13-24(18)20/h1-4,6,8-9,13,16,25H,5,7,10-12,14H2. The zero-order valence-corrected chi connectivity index (χ0v) is 14.6. The van der Waals surface area contributed by atoms with Crippen molar-refractivity contribution in [3.8, 4) is 5.75 Å². The number of piperidine rings is 1. The van der Waals surface area contributed by atoms with Gasteiger partial charge in [-0.2, -0.15) is 0 Å². The van der Waals surface area contributed by atoms with Crippen LogP contribution in [-0.4, -0.2) is 43.6 Å². The topological polar surface area (TPSA) is 70.7 Å². The molecule has 4 rings (SSSR count). The van der Waals surface area contributed by atoms with Gasteiger partial charge in [0.15, 0.2) is 5.65 Å². The molecule has 6 nitrogen and oxygen atoms in total. The van der Waals surface area contributed by atoms with Crippen LogP contribution in [0.1, 0.15) is 36.6 Å². The second kappa shape index (κ2) is 7.15. The van der Waals surface area contributed by atoms with Crippen molar-refractivity contribution in [2.24, 2.45) is 0 Å². The molecule has 1 fully saturated rings. The van der Waals surface area contributed by atoms with Gasteiger partial charge in [-0.3, -0.25) is 9.20 Å². The molecule has 1 N–H and O–H groups in total. The lowest BCUT2D eigenvalue weighted by atomic mass is 9.96. The average Bonchev–Trinajstić information content (AvgIpc) is 3.11. The summed E-state index contributed by atoms with van der Waals surface area (Å²) in [5, 5.41) is 18.4. The number of aromatic hydroxyl groups is 1. The number of hydrogen-bond donors (Lipinski definition) is 1. The minimum Gasteiger partial charge on any atom is -0.508 e. The Bertz CT molecular complexity index is 921. The monoisotopic (exact) mass is 350 g/mol. The number of fused-ring (bicyclic) bond motifs is 1. The fourth-order valence-corrected chi connectivity index (χ4v) is 3.67. The van der Waals surface area contributed by atoms with Crippen molar-refractivity contribution >= 4 is 11.6 Å². The number of hydrogen-bond acceptors (Lipinski definition) is 4. The normalized spacial score (nSPS) is 17.5. The number of benzene rings is 1. The third-order valence-corrected chi connectivity index (χ3v) is 5.08. The molecule has 1 amide bonds. The van der Waals surface area contributed by atoms with Crippen LogP contribution in [0.25, 0.3) is 5.65 Å². The third-order valence-electron chi connectivity index (χ3n) is 5.08. The number of pyridine rings is 1. The SMILES string of the molecule is O=C(CCc1ccccc1O)N1CCCC(c2nnc3ccccn23)C1. The number of nitrogens with zero attached hydrogens (tertiary/aromatic N) is 4. The van der Waals surface area contributed by atoms with Crippen LogP contribution in [0.15, 0.2) is 48.7 Å². The molecule has 26 heavy (non-hydrogen) atoms. The summed E-state index contributed by atoms with van der Waals surface area (Å²) >= 11 is 0. The smallest absolute Gasteiger partial charge is 0.222 e. The maximum Gasteiger partial charge on any atom is 0.222 e. The van der Waals surface area contributed by atoms with Crippen molar-refractivity contribution in [2.45, 2.75) is 31.6 Å². The third kappa shape index (κ3) is 3.27. The second-order valence-electron chi connectivity index (χ2n) is 6.79. The highest BCUT2D eigenvalue weighted by Crippen LogP contribution is 2.27. The summed E-state index contributed by atoms with van der Waals surface area (Å²) in [5.74, 6) is 1.52. The van der Waals surface area contributed by atoms with E-state index in [9.17, 15) is 9.90 Å². The van der Waals surface area contributed by atoms with Crippen molar-refractivity contribution in [1.29, 1.82) is 0 Å². The molecular formula is C20H22N4O2. The van der Waals surface area contributed by atoms with Crippen LogP contribution in [0.2, 0.25) is 0 Å². The molecule has 0 aliphatic carbocycles. The van der Waals surface area contributed by atoms with E-state index < -0.39 is 0 Å². The molecule has 1 atom stereocenters. The van der Waals surface area contributed by atoms with Crippen molar-refractivity contribution in [2.75, 3.05) is 13.1 Å². The molecule has 0 radical (unpaired) electrons. The molecule has 1 saturated heterocycles. The quantitative estimate of drug-likeness (QED) is 0.785. The Kier molecular flexibility index (Phi) is 4.56. The molecule has 134 valence electrons. The molecule has 0 bridgehead atoms. The van der Waals surface area contributed by atoms with E-state index in [4.69, 9.17) is 0 Å². The molecule has 2 aromatic heterocycles. The summed E-state index contributed by atoms with van der Waals surface area (Å²) < 4.78 is 2.01. The molecule has 3 aromatic rings. The minimum atomic E-state index is 0.131. The maximum absolute atomic E-state index is 12.7. The first-order valence-electron chi connectivity index (χ1n) is 9.06. The van der Waals surface area contributed by atoms with Crippen LogP contribution < -0.4 is 0 Å². The highest BCUT2D eigenvalue weighted by molar-refractivity contribution is 5.76. The van der Waals surface area contributed by atoms with E-state index in [1.807, 2.05) is 45.8 Å². The molecule has 1 aromatic carbocycles. The summed E-state index contributed by atoms with van der Waals surface area (Å²) in [7, 11) is 0. The summed E-state index contributed by atoms with van der Waals surface area (Å²) in [6.07, 6.45) is 4.92. The number of carbonyl (C=O) groups is 1. The average molecular weight is 350 g/mol. The lowest BCUT2D eigenvalue weighted by Gasteiger charge is -2.32. The molecule has 3 heterocycles. The summed E-state index contributed by atoms with van der Waals surface area (Å²) in [5.41, 5.74) is 1.66. The van der Waals surface area contributed by atoms with Gasteiger partial charge < -0.3 is 10.0 Å². The summed E-state index contributed by atoms with van der Waals surface area (Å²) in [4.78, 5) is 14.6. The van der Waals surface area contributed by atoms with E-state index in [2.05, 4.69) is 10.2 Å². The van der Waals surface area contributed by atoms with Crippen LogP contribution in [0.3, 0.4) is 0 Å². The maximum atomic E-state index is 12.7. The van der Waals surface area contributed by atoms with Gasteiger partial charge in [0, 0.05) is 31.6 Å². The molecule has 6 heteroatoms. The van der Waals surface area contributed by atoms with Gasteiger partial charge in [-0.25, -0.2) is 0 Å². The lowest BCUT2D eigenvalue weighted by molar-refractivity contribution is -0.132. The molecule has 1 aliphatic rings. The van der Waals surface area contributed by atoms with Gasteiger partial charge in [0.05, 0.1) is 0 Å². The van der Waals surface area contributed by atoms with Gasteiger partial charge in [0.1, 0.15) is 11.6 Å². The Labute approximate surface area is 152 Å². The number of aryl methyl sites for hydroxylation is 1. The van der Waals surface area contributed by atoms with Crippen molar-refractivity contribution in [3.63, 3.8) is 0 Å². The van der Waals surface area contributed by atoms with Gasteiger partial charge >= 0.3 is 0 Å². The zero-order chi connectivity index (χ0) is 17.9. The fraction of sp³-hybridized carbons (Fsp3) is 0.350. The van der Waals surface area contributed by atoms with E-state index in [1.165, 1.54) is 0 Å². The Morgan fingerprint density at radius 1 is 1.15 bits per heavy atom.